The average molecular weight is 402 g/mol. The molecule has 4 nitrogen and oxygen atoms in total. The van der Waals surface area contributed by atoms with Crippen molar-refractivity contribution in [1.29, 1.82) is 0 Å². The van der Waals surface area contributed by atoms with E-state index in [-0.39, 0.29) is 18.4 Å². The molecular formula is C18H15Cl2F2NO3. The second kappa shape index (κ2) is 8.96. The van der Waals surface area contributed by atoms with E-state index in [0.717, 1.165) is 12.1 Å². The molecule has 138 valence electrons. The number of hydrogen-bond donors (Lipinski definition) is 1. The summed E-state index contributed by atoms with van der Waals surface area (Å²) in [5.74, 6) is -3.25. The van der Waals surface area contributed by atoms with Crippen molar-refractivity contribution in [2.45, 2.75) is 18.9 Å². The van der Waals surface area contributed by atoms with E-state index in [4.69, 9.17) is 27.9 Å². The highest BCUT2D eigenvalue weighted by Crippen LogP contribution is 2.22. The lowest BCUT2D eigenvalue weighted by Crippen LogP contribution is -2.43. The van der Waals surface area contributed by atoms with Gasteiger partial charge < -0.3 is 10.1 Å². The summed E-state index contributed by atoms with van der Waals surface area (Å²) < 4.78 is 30.9. The minimum Gasteiger partial charge on any atom is -0.467 e. The molecule has 1 amide bonds. The molecule has 0 fully saturated rings. The summed E-state index contributed by atoms with van der Waals surface area (Å²) >= 11 is 11.9. The third kappa shape index (κ3) is 5.41. The average Bonchev–Trinajstić information content (AvgIpc) is 2.59. The molecule has 2 aromatic carbocycles. The predicted molar refractivity (Wildman–Crippen MR) is 94.2 cm³/mol. The second-order valence-electron chi connectivity index (χ2n) is 5.51. The highest BCUT2D eigenvalue weighted by Gasteiger charge is 2.23. The fourth-order valence-corrected chi connectivity index (χ4v) is 2.81. The first-order valence-corrected chi connectivity index (χ1v) is 8.30. The molecule has 0 aliphatic rings. The lowest BCUT2D eigenvalue weighted by atomic mass is 10.0. The van der Waals surface area contributed by atoms with Crippen LogP contribution >= 0.6 is 23.2 Å². The Kier molecular flexibility index (Phi) is 6.94. The number of hydrogen-bond acceptors (Lipinski definition) is 3. The molecule has 0 heterocycles. The lowest BCUT2D eigenvalue weighted by molar-refractivity contribution is -0.145. The number of halogens is 4. The van der Waals surface area contributed by atoms with Gasteiger partial charge in [0, 0.05) is 16.5 Å². The standard InChI is InChI=1S/C18H15Cl2F2NO3/c1-26-18(25)16(8-11-3-4-12(19)9-13(11)20)23-17(24)7-10-2-5-14(21)15(22)6-10/h2-6,9,16H,7-8H2,1H3,(H,23,24)/t16-/m0/s1. The van der Waals surface area contributed by atoms with Gasteiger partial charge in [-0.15, -0.1) is 0 Å². The number of rotatable bonds is 6. The van der Waals surface area contributed by atoms with Crippen molar-refractivity contribution < 1.29 is 23.1 Å². The Labute approximate surface area is 159 Å². The van der Waals surface area contributed by atoms with Crippen LogP contribution < -0.4 is 5.32 Å². The van der Waals surface area contributed by atoms with E-state index in [2.05, 4.69) is 5.32 Å². The van der Waals surface area contributed by atoms with Gasteiger partial charge in [0.25, 0.3) is 0 Å². The summed E-state index contributed by atoms with van der Waals surface area (Å²) in [7, 11) is 1.19. The lowest BCUT2D eigenvalue weighted by Gasteiger charge is -2.17. The van der Waals surface area contributed by atoms with E-state index in [1.54, 1.807) is 12.1 Å². The number of methoxy groups -OCH3 is 1. The maximum absolute atomic E-state index is 13.2. The summed E-state index contributed by atoms with van der Waals surface area (Å²) in [5, 5.41) is 3.31. The Balaban J connectivity index is 2.10. The van der Waals surface area contributed by atoms with Gasteiger partial charge in [-0.3, -0.25) is 4.79 Å². The molecule has 2 aromatic rings. The van der Waals surface area contributed by atoms with E-state index in [9.17, 15) is 18.4 Å². The van der Waals surface area contributed by atoms with Gasteiger partial charge in [0.2, 0.25) is 5.91 Å². The largest absolute Gasteiger partial charge is 0.467 e. The zero-order valence-electron chi connectivity index (χ0n) is 13.7. The smallest absolute Gasteiger partial charge is 0.328 e. The van der Waals surface area contributed by atoms with Gasteiger partial charge in [0.15, 0.2) is 11.6 Å². The molecule has 0 saturated carbocycles. The van der Waals surface area contributed by atoms with Crippen molar-refractivity contribution in [2.24, 2.45) is 0 Å². The van der Waals surface area contributed by atoms with E-state index in [1.165, 1.54) is 19.2 Å². The Hall–Kier alpha value is -2.18. The number of amides is 1. The minimum atomic E-state index is -1.05. The fraction of sp³-hybridized carbons (Fsp3) is 0.222. The zero-order valence-corrected chi connectivity index (χ0v) is 15.2. The third-order valence-electron chi connectivity index (χ3n) is 3.61. The number of esters is 1. The molecular weight excluding hydrogens is 387 g/mol. The molecule has 0 radical (unpaired) electrons. The van der Waals surface area contributed by atoms with Crippen molar-refractivity contribution in [3.63, 3.8) is 0 Å². The molecule has 0 aliphatic carbocycles. The monoisotopic (exact) mass is 401 g/mol. The zero-order chi connectivity index (χ0) is 19.3. The number of carbonyl (C=O) groups excluding carboxylic acids is 2. The fourth-order valence-electron chi connectivity index (χ4n) is 2.32. The van der Waals surface area contributed by atoms with E-state index < -0.39 is 29.6 Å². The Morgan fingerprint density at radius 1 is 1.12 bits per heavy atom. The SMILES string of the molecule is COC(=O)[C@H](Cc1ccc(Cl)cc1Cl)NC(=O)Cc1ccc(F)c(F)c1. The van der Waals surface area contributed by atoms with E-state index in [1.807, 2.05) is 0 Å². The highest BCUT2D eigenvalue weighted by atomic mass is 35.5. The molecule has 0 saturated heterocycles. The molecule has 1 N–H and O–H groups in total. The van der Waals surface area contributed by atoms with Gasteiger partial charge in [0.1, 0.15) is 6.04 Å². The molecule has 8 heteroatoms. The summed E-state index contributed by atoms with van der Waals surface area (Å²) in [6.45, 7) is 0. The number of benzene rings is 2. The summed E-state index contributed by atoms with van der Waals surface area (Å²) in [4.78, 5) is 24.1. The van der Waals surface area contributed by atoms with Crippen molar-refractivity contribution in [1.82, 2.24) is 5.32 Å². The topological polar surface area (TPSA) is 55.4 Å². The normalized spacial score (nSPS) is 11.7. The molecule has 0 aromatic heterocycles. The molecule has 1 atom stereocenters. The summed E-state index contributed by atoms with van der Waals surface area (Å²) in [6, 6.07) is 6.94. The van der Waals surface area contributed by atoms with Crippen LogP contribution in [0.1, 0.15) is 11.1 Å². The van der Waals surface area contributed by atoms with Crippen LogP contribution in [-0.4, -0.2) is 25.0 Å². The van der Waals surface area contributed by atoms with Crippen molar-refractivity contribution >= 4 is 35.1 Å². The van der Waals surface area contributed by atoms with Crippen LogP contribution in [0, 0.1) is 11.6 Å². The van der Waals surface area contributed by atoms with Gasteiger partial charge >= 0.3 is 5.97 Å². The van der Waals surface area contributed by atoms with E-state index in [0.29, 0.717) is 15.6 Å². The van der Waals surface area contributed by atoms with Gasteiger partial charge in [-0.2, -0.15) is 0 Å². The maximum Gasteiger partial charge on any atom is 0.328 e. The third-order valence-corrected chi connectivity index (χ3v) is 4.20. The molecule has 26 heavy (non-hydrogen) atoms. The van der Waals surface area contributed by atoms with Crippen molar-refractivity contribution in [3.8, 4) is 0 Å². The van der Waals surface area contributed by atoms with Gasteiger partial charge in [-0.25, -0.2) is 13.6 Å². The van der Waals surface area contributed by atoms with Crippen LogP contribution in [0.5, 0.6) is 0 Å². The van der Waals surface area contributed by atoms with Crippen LogP contribution in [-0.2, 0) is 27.2 Å². The molecule has 0 unspecified atom stereocenters. The van der Waals surface area contributed by atoms with Crippen LogP contribution in [0.4, 0.5) is 8.78 Å². The first-order chi connectivity index (χ1) is 12.3. The minimum absolute atomic E-state index is 0.0895. The first-order valence-electron chi connectivity index (χ1n) is 7.55. The van der Waals surface area contributed by atoms with E-state index >= 15 is 0 Å². The maximum atomic E-state index is 13.2. The number of carbonyl (C=O) groups is 2. The van der Waals surface area contributed by atoms with Crippen molar-refractivity contribution in [2.75, 3.05) is 7.11 Å². The molecule has 0 spiro atoms. The van der Waals surface area contributed by atoms with Crippen LogP contribution in [0.2, 0.25) is 10.0 Å². The number of ether oxygens (including phenoxy) is 1. The molecule has 2 rings (SSSR count). The van der Waals surface area contributed by atoms with Crippen LogP contribution in [0.25, 0.3) is 0 Å². The van der Waals surface area contributed by atoms with Gasteiger partial charge in [-0.05, 0) is 35.4 Å². The Bertz CT molecular complexity index is 830. The second-order valence-corrected chi connectivity index (χ2v) is 6.35. The van der Waals surface area contributed by atoms with Gasteiger partial charge in [0.05, 0.1) is 13.5 Å². The Morgan fingerprint density at radius 3 is 2.46 bits per heavy atom. The highest BCUT2D eigenvalue weighted by molar-refractivity contribution is 6.35. The predicted octanol–water partition coefficient (Wildman–Crippen LogP) is 3.71. The van der Waals surface area contributed by atoms with Crippen molar-refractivity contribution in [3.05, 3.63) is 69.2 Å². The molecule has 0 aliphatic heterocycles. The quantitative estimate of drug-likeness (QED) is 0.750. The van der Waals surface area contributed by atoms with Crippen LogP contribution in [0.15, 0.2) is 36.4 Å². The first kappa shape index (κ1) is 20.1. The van der Waals surface area contributed by atoms with Crippen LogP contribution in [0.3, 0.4) is 0 Å². The summed E-state index contributed by atoms with van der Waals surface area (Å²) in [5.41, 5.74) is 0.870. The number of nitrogens with one attached hydrogen (secondary N) is 1. The molecule has 0 bridgehead atoms. The Morgan fingerprint density at radius 2 is 1.85 bits per heavy atom. The van der Waals surface area contributed by atoms with Gasteiger partial charge in [-0.1, -0.05) is 35.3 Å². The summed E-state index contributed by atoms with van der Waals surface area (Å²) in [6.07, 6.45) is -0.134.